The molecule has 2 atom stereocenters. The summed E-state index contributed by atoms with van der Waals surface area (Å²) in [6, 6.07) is 0.850. The number of hydrogen-bond donors (Lipinski definition) is 1. The Bertz CT molecular complexity index is 693. The van der Waals surface area contributed by atoms with E-state index in [1.807, 2.05) is 6.92 Å². The van der Waals surface area contributed by atoms with E-state index in [2.05, 4.69) is 34.0 Å². The summed E-state index contributed by atoms with van der Waals surface area (Å²) in [5.41, 5.74) is 1.05. The molecular weight excluding hydrogens is 395 g/mol. The van der Waals surface area contributed by atoms with Crippen LogP contribution in [0.2, 0.25) is 0 Å². The number of aliphatic carboxylic acids is 1. The number of alkyl halides is 3. The highest BCUT2D eigenvalue weighted by molar-refractivity contribution is 7.09. The van der Waals surface area contributed by atoms with Crippen molar-refractivity contribution >= 4 is 23.2 Å². The van der Waals surface area contributed by atoms with Gasteiger partial charge < -0.3 is 10.0 Å². The first-order valence-electron chi connectivity index (χ1n) is 9.23. The number of aromatic nitrogens is 1. The van der Waals surface area contributed by atoms with E-state index in [-0.39, 0.29) is 0 Å². The first-order valence-corrected chi connectivity index (χ1v) is 10.1. The second-order valence-electron chi connectivity index (χ2n) is 7.53. The van der Waals surface area contributed by atoms with Gasteiger partial charge in [0, 0.05) is 30.4 Å². The molecule has 10 heteroatoms. The average molecular weight is 421 g/mol. The van der Waals surface area contributed by atoms with E-state index in [1.54, 1.807) is 11.3 Å². The van der Waals surface area contributed by atoms with Crippen LogP contribution in [0.25, 0.3) is 0 Å². The molecule has 158 valence electrons. The van der Waals surface area contributed by atoms with Crippen molar-refractivity contribution in [3.05, 3.63) is 16.1 Å². The number of nitrogens with zero attached hydrogens (tertiary/aromatic N) is 3. The van der Waals surface area contributed by atoms with Crippen molar-refractivity contribution in [3.8, 4) is 0 Å². The maximum Gasteiger partial charge on any atom is 0.490 e. The number of halogens is 3. The number of thiazole rings is 1. The first-order chi connectivity index (χ1) is 13.0. The van der Waals surface area contributed by atoms with Gasteiger partial charge in [-0.15, -0.1) is 11.3 Å². The van der Waals surface area contributed by atoms with Crippen molar-refractivity contribution in [1.29, 1.82) is 0 Å². The van der Waals surface area contributed by atoms with Crippen molar-refractivity contribution in [1.82, 2.24) is 14.8 Å². The zero-order chi connectivity index (χ0) is 21.1. The number of carbonyl (C=O) groups excluding carboxylic acids is 1. The van der Waals surface area contributed by atoms with Gasteiger partial charge in [-0.1, -0.05) is 13.8 Å². The number of carboxylic acids is 1. The Hall–Kier alpha value is -1.68. The van der Waals surface area contributed by atoms with Crippen LogP contribution in [0.1, 0.15) is 43.8 Å². The van der Waals surface area contributed by atoms with Crippen LogP contribution in [0.3, 0.4) is 0 Å². The normalized spacial score (nSPS) is 22.4. The molecule has 0 radical (unpaired) electrons. The summed E-state index contributed by atoms with van der Waals surface area (Å²) < 4.78 is 31.7. The fraction of sp³-hybridized carbons (Fsp3) is 0.722. The largest absolute Gasteiger partial charge is 0.490 e. The maximum atomic E-state index is 12.4. The lowest BCUT2D eigenvalue weighted by molar-refractivity contribution is -0.192. The number of likely N-dealkylation sites (tertiary alicyclic amines) is 2. The number of aryl methyl sites for hydroxylation is 1. The highest BCUT2D eigenvalue weighted by Crippen LogP contribution is 2.33. The van der Waals surface area contributed by atoms with E-state index in [0.29, 0.717) is 31.0 Å². The number of carbonyl (C=O) groups is 2. The summed E-state index contributed by atoms with van der Waals surface area (Å²) in [6.45, 7) is 9.53. The van der Waals surface area contributed by atoms with Gasteiger partial charge in [-0.25, -0.2) is 9.78 Å². The van der Waals surface area contributed by atoms with Gasteiger partial charge in [0.1, 0.15) is 0 Å². The molecule has 0 saturated carbocycles. The lowest BCUT2D eigenvalue weighted by Crippen LogP contribution is -2.37. The monoisotopic (exact) mass is 421 g/mol. The van der Waals surface area contributed by atoms with Gasteiger partial charge >= 0.3 is 12.1 Å². The standard InChI is InChI=1S/C16H25N3OS.C2HF3O2/c1-11(2)4-6-18-7-5-14-15(18)8-16(20)19(14)9-13-10-21-12(3)17-13;3-2(4,5)1(6)7/h10-11,14-15H,4-9H2,1-3H3;(H,6,7)/t14-,15-;/m0./s1. The summed E-state index contributed by atoms with van der Waals surface area (Å²) in [5, 5.41) is 10.3. The minimum atomic E-state index is -5.08. The summed E-state index contributed by atoms with van der Waals surface area (Å²) in [4.78, 5) is 30.4. The van der Waals surface area contributed by atoms with Crippen molar-refractivity contribution in [3.63, 3.8) is 0 Å². The quantitative estimate of drug-likeness (QED) is 0.790. The second kappa shape index (κ2) is 9.21. The molecule has 0 aliphatic carbocycles. The van der Waals surface area contributed by atoms with Crippen molar-refractivity contribution in [2.24, 2.45) is 5.92 Å². The Morgan fingerprint density at radius 3 is 2.54 bits per heavy atom. The zero-order valence-corrected chi connectivity index (χ0v) is 17.0. The fourth-order valence-electron chi connectivity index (χ4n) is 3.57. The molecule has 2 fully saturated rings. The SMILES string of the molecule is Cc1nc(CN2C(=O)C[C@H]3[C@@H]2CCN3CCC(C)C)cs1.O=C(O)C(F)(F)F. The lowest BCUT2D eigenvalue weighted by Gasteiger charge is -2.25. The van der Waals surface area contributed by atoms with E-state index in [9.17, 15) is 18.0 Å². The molecule has 1 aromatic heterocycles. The Balaban J connectivity index is 0.000000345. The van der Waals surface area contributed by atoms with Crippen LogP contribution in [0.5, 0.6) is 0 Å². The highest BCUT2D eigenvalue weighted by Gasteiger charge is 2.46. The predicted octanol–water partition coefficient (Wildman–Crippen LogP) is 3.31. The molecule has 28 heavy (non-hydrogen) atoms. The van der Waals surface area contributed by atoms with E-state index in [0.717, 1.165) is 36.1 Å². The Morgan fingerprint density at radius 2 is 2.04 bits per heavy atom. The van der Waals surface area contributed by atoms with Crippen LogP contribution in [-0.4, -0.2) is 63.1 Å². The molecule has 6 nitrogen and oxygen atoms in total. The van der Waals surface area contributed by atoms with Gasteiger partial charge in [-0.3, -0.25) is 9.69 Å². The topological polar surface area (TPSA) is 73.7 Å². The number of amides is 1. The summed E-state index contributed by atoms with van der Waals surface area (Å²) >= 11 is 1.67. The number of fused-ring (bicyclic) bond motifs is 1. The third-order valence-corrected chi connectivity index (χ3v) is 5.79. The fourth-order valence-corrected chi connectivity index (χ4v) is 4.18. The molecule has 0 spiro atoms. The van der Waals surface area contributed by atoms with Gasteiger partial charge in [0.2, 0.25) is 5.91 Å². The number of hydrogen-bond acceptors (Lipinski definition) is 5. The smallest absolute Gasteiger partial charge is 0.475 e. The van der Waals surface area contributed by atoms with E-state index < -0.39 is 12.1 Å². The molecule has 2 saturated heterocycles. The summed E-state index contributed by atoms with van der Waals surface area (Å²) in [6.07, 6.45) is -2.04. The molecule has 0 aromatic carbocycles. The van der Waals surface area contributed by atoms with Gasteiger partial charge in [0.15, 0.2) is 0 Å². The van der Waals surface area contributed by atoms with Gasteiger partial charge in [-0.2, -0.15) is 13.2 Å². The minimum Gasteiger partial charge on any atom is -0.475 e. The molecule has 1 N–H and O–H groups in total. The molecule has 2 aliphatic rings. The molecule has 1 aromatic rings. The Morgan fingerprint density at radius 1 is 1.39 bits per heavy atom. The van der Waals surface area contributed by atoms with Crippen molar-refractivity contribution in [2.75, 3.05) is 13.1 Å². The van der Waals surface area contributed by atoms with Crippen molar-refractivity contribution in [2.45, 2.75) is 64.8 Å². The second-order valence-corrected chi connectivity index (χ2v) is 8.59. The molecule has 1 amide bonds. The van der Waals surface area contributed by atoms with Gasteiger partial charge in [-0.05, 0) is 32.2 Å². The van der Waals surface area contributed by atoms with E-state index in [1.165, 1.54) is 6.42 Å². The van der Waals surface area contributed by atoms with Crippen LogP contribution in [0.4, 0.5) is 13.2 Å². The van der Waals surface area contributed by atoms with Crippen molar-refractivity contribution < 1.29 is 27.9 Å². The predicted molar refractivity (Wildman–Crippen MR) is 98.9 cm³/mol. The third kappa shape index (κ3) is 5.91. The van der Waals surface area contributed by atoms with Crippen LogP contribution in [-0.2, 0) is 16.1 Å². The molecular formula is C18H26F3N3O3S. The maximum absolute atomic E-state index is 12.4. The molecule has 3 rings (SSSR count). The molecule has 0 bridgehead atoms. The number of rotatable bonds is 5. The summed E-state index contributed by atoms with van der Waals surface area (Å²) in [5.74, 6) is -1.72. The Kier molecular flexibility index (Phi) is 7.44. The van der Waals surface area contributed by atoms with Gasteiger partial charge in [0.05, 0.1) is 17.2 Å². The minimum absolute atomic E-state index is 0.310. The first kappa shape index (κ1) is 22.6. The average Bonchev–Trinajstić information content (AvgIpc) is 3.23. The van der Waals surface area contributed by atoms with Crippen LogP contribution in [0, 0.1) is 12.8 Å². The molecule has 0 unspecified atom stereocenters. The summed E-state index contributed by atoms with van der Waals surface area (Å²) in [7, 11) is 0. The van der Waals surface area contributed by atoms with Crippen LogP contribution >= 0.6 is 11.3 Å². The lowest BCUT2D eigenvalue weighted by atomic mass is 10.1. The molecule has 3 heterocycles. The van der Waals surface area contributed by atoms with Crippen LogP contribution < -0.4 is 0 Å². The highest BCUT2D eigenvalue weighted by atomic mass is 32.1. The third-order valence-electron chi connectivity index (χ3n) is 4.96. The van der Waals surface area contributed by atoms with E-state index >= 15 is 0 Å². The van der Waals surface area contributed by atoms with Gasteiger partial charge in [0.25, 0.3) is 0 Å². The van der Waals surface area contributed by atoms with Crippen LogP contribution in [0.15, 0.2) is 5.38 Å². The zero-order valence-electron chi connectivity index (χ0n) is 16.2. The van der Waals surface area contributed by atoms with E-state index in [4.69, 9.17) is 9.90 Å². The molecule has 2 aliphatic heterocycles. The number of carboxylic acid groups (broad SMARTS) is 1. The Labute approximate surface area is 166 Å².